The molecule has 140 valence electrons. The standard InChI is InChI=1S/C21H17N3O4/c1-26-20-9-13(5-7-18(20)25)17-10-22-21-8-6-16(23-24(17)21)14-3-2-4-19-15(14)11-27-12-28-19/h2-10,25H,11-12H2,1H3. The van der Waals surface area contributed by atoms with Crippen molar-refractivity contribution in [3.05, 3.63) is 60.3 Å². The van der Waals surface area contributed by atoms with Gasteiger partial charge in [-0.3, -0.25) is 0 Å². The maximum atomic E-state index is 9.86. The number of phenolic OH excluding ortho intramolecular Hbond substituents is 1. The molecule has 5 rings (SSSR count). The lowest BCUT2D eigenvalue weighted by atomic mass is 10.0. The summed E-state index contributed by atoms with van der Waals surface area (Å²) < 4.78 is 18.0. The monoisotopic (exact) mass is 375 g/mol. The van der Waals surface area contributed by atoms with Crippen LogP contribution in [0.2, 0.25) is 0 Å². The summed E-state index contributed by atoms with van der Waals surface area (Å²) in [6.07, 6.45) is 1.75. The molecule has 0 aliphatic carbocycles. The Hall–Kier alpha value is -3.58. The minimum Gasteiger partial charge on any atom is -0.504 e. The molecule has 2 aromatic carbocycles. The van der Waals surface area contributed by atoms with Crippen molar-refractivity contribution in [2.75, 3.05) is 13.9 Å². The van der Waals surface area contributed by atoms with Gasteiger partial charge in [0.2, 0.25) is 0 Å². The first kappa shape index (κ1) is 16.6. The maximum absolute atomic E-state index is 9.86. The Morgan fingerprint density at radius 2 is 2.07 bits per heavy atom. The number of ether oxygens (including phenoxy) is 3. The fourth-order valence-corrected chi connectivity index (χ4v) is 3.39. The average Bonchev–Trinajstić information content (AvgIpc) is 3.17. The van der Waals surface area contributed by atoms with E-state index >= 15 is 0 Å². The smallest absolute Gasteiger partial charge is 0.189 e. The van der Waals surface area contributed by atoms with E-state index < -0.39 is 0 Å². The van der Waals surface area contributed by atoms with Crippen LogP contribution in [-0.4, -0.2) is 33.6 Å². The summed E-state index contributed by atoms with van der Waals surface area (Å²) >= 11 is 0. The average molecular weight is 375 g/mol. The molecule has 7 heteroatoms. The van der Waals surface area contributed by atoms with Crippen LogP contribution in [-0.2, 0) is 11.3 Å². The second-order valence-corrected chi connectivity index (χ2v) is 6.41. The third kappa shape index (κ3) is 2.64. The highest BCUT2D eigenvalue weighted by molar-refractivity contribution is 5.70. The molecular formula is C21H17N3O4. The first-order valence-corrected chi connectivity index (χ1v) is 8.79. The van der Waals surface area contributed by atoms with Crippen molar-refractivity contribution < 1.29 is 19.3 Å². The van der Waals surface area contributed by atoms with E-state index in [0.717, 1.165) is 39.5 Å². The summed E-state index contributed by atoms with van der Waals surface area (Å²) in [7, 11) is 1.52. The Balaban J connectivity index is 1.66. The molecule has 0 unspecified atom stereocenters. The van der Waals surface area contributed by atoms with Crippen LogP contribution in [0.1, 0.15) is 5.56 Å². The van der Waals surface area contributed by atoms with Crippen LogP contribution in [0.25, 0.3) is 28.2 Å². The van der Waals surface area contributed by atoms with E-state index in [1.54, 1.807) is 22.8 Å². The molecule has 28 heavy (non-hydrogen) atoms. The van der Waals surface area contributed by atoms with Crippen LogP contribution >= 0.6 is 0 Å². The molecule has 0 spiro atoms. The van der Waals surface area contributed by atoms with Crippen molar-refractivity contribution in [3.8, 4) is 39.8 Å². The number of fused-ring (bicyclic) bond motifs is 2. The Kier molecular flexibility index (Phi) is 3.87. The summed E-state index contributed by atoms with van der Waals surface area (Å²) in [5, 5.41) is 14.7. The summed E-state index contributed by atoms with van der Waals surface area (Å²) in [6.45, 7) is 0.744. The number of nitrogens with zero attached hydrogens (tertiary/aromatic N) is 3. The molecule has 0 amide bonds. The molecule has 0 atom stereocenters. The van der Waals surface area contributed by atoms with Crippen LogP contribution in [0.3, 0.4) is 0 Å². The van der Waals surface area contributed by atoms with Gasteiger partial charge in [-0.15, -0.1) is 0 Å². The number of aromatic nitrogens is 3. The second kappa shape index (κ2) is 6.54. The minimum absolute atomic E-state index is 0.0876. The minimum atomic E-state index is 0.0876. The lowest BCUT2D eigenvalue weighted by molar-refractivity contribution is -0.0160. The third-order valence-electron chi connectivity index (χ3n) is 4.79. The zero-order valence-corrected chi connectivity index (χ0v) is 15.1. The van der Waals surface area contributed by atoms with Crippen LogP contribution < -0.4 is 9.47 Å². The first-order valence-electron chi connectivity index (χ1n) is 8.79. The highest BCUT2D eigenvalue weighted by Gasteiger charge is 2.18. The molecule has 2 aromatic heterocycles. The number of methoxy groups -OCH3 is 1. The summed E-state index contributed by atoms with van der Waals surface area (Å²) in [5.41, 5.74) is 5.10. The van der Waals surface area contributed by atoms with E-state index in [-0.39, 0.29) is 12.5 Å². The summed E-state index contributed by atoms with van der Waals surface area (Å²) in [6, 6.07) is 14.9. The Morgan fingerprint density at radius 3 is 2.96 bits per heavy atom. The fourth-order valence-electron chi connectivity index (χ4n) is 3.39. The molecule has 0 saturated carbocycles. The summed E-state index contributed by atoms with van der Waals surface area (Å²) in [4.78, 5) is 4.44. The van der Waals surface area contributed by atoms with Gasteiger partial charge in [0.15, 0.2) is 23.9 Å². The number of imidazole rings is 1. The highest BCUT2D eigenvalue weighted by atomic mass is 16.7. The quantitative estimate of drug-likeness (QED) is 0.589. The molecule has 7 nitrogen and oxygen atoms in total. The number of benzene rings is 2. The molecule has 3 heterocycles. The van der Waals surface area contributed by atoms with Crippen LogP contribution in [0, 0.1) is 0 Å². The van der Waals surface area contributed by atoms with E-state index in [1.165, 1.54) is 7.11 Å². The predicted octanol–water partition coefficient (Wildman–Crippen LogP) is 3.64. The number of hydrogen-bond acceptors (Lipinski definition) is 6. The van der Waals surface area contributed by atoms with Gasteiger partial charge in [-0.05, 0) is 36.4 Å². The Labute approximate surface area is 160 Å². The number of aromatic hydroxyl groups is 1. The second-order valence-electron chi connectivity index (χ2n) is 6.41. The summed E-state index contributed by atoms with van der Waals surface area (Å²) in [5.74, 6) is 1.31. The maximum Gasteiger partial charge on any atom is 0.189 e. The van der Waals surface area contributed by atoms with Crippen molar-refractivity contribution in [3.63, 3.8) is 0 Å². The highest BCUT2D eigenvalue weighted by Crippen LogP contribution is 2.34. The van der Waals surface area contributed by atoms with Crippen molar-refractivity contribution in [1.29, 1.82) is 0 Å². The van der Waals surface area contributed by atoms with E-state index in [1.807, 2.05) is 36.4 Å². The normalized spacial score (nSPS) is 13.2. The van der Waals surface area contributed by atoms with Gasteiger partial charge in [0.25, 0.3) is 0 Å². The van der Waals surface area contributed by atoms with Crippen LogP contribution in [0.4, 0.5) is 0 Å². The third-order valence-corrected chi connectivity index (χ3v) is 4.79. The number of rotatable bonds is 3. The van der Waals surface area contributed by atoms with Crippen molar-refractivity contribution in [2.24, 2.45) is 0 Å². The zero-order valence-electron chi connectivity index (χ0n) is 15.1. The van der Waals surface area contributed by atoms with Crippen molar-refractivity contribution >= 4 is 5.65 Å². The van der Waals surface area contributed by atoms with Gasteiger partial charge < -0.3 is 19.3 Å². The fraction of sp³-hybridized carbons (Fsp3) is 0.143. The van der Waals surface area contributed by atoms with Gasteiger partial charge in [0.05, 0.1) is 31.3 Å². The van der Waals surface area contributed by atoms with Crippen molar-refractivity contribution in [2.45, 2.75) is 6.61 Å². The lowest BCUT2D eigenvalue weighted by Crippen LogP contribution is -2.12. The van der Waals surface area contributed by atoms with Gasteiger partial charge in [-0.2, -0.15) is 5.10 Å². The molecule has 1 aliphatic heterocycles. The lowest BCUT2D eigenvalue weighted by Gasteiger charge is -2.20. The van der Waals surface area contributed by atoms with E-state index in [9.17, 15) is 5.11 Å². The van der Waals surface area contributed by atoms with Gasteiger partial charge in [0.1, 0.15) is 5.75 Å². The van der Waals surface area contributed by atoms with Gasteiger partial charge in [-0.1, -0.05) is 12.1 Å². The predicted molar refractivity (Wildman–Crippen MR) is 102 cm³/mol. The van der Waals surface area contributed by atoms with Gasteiger partial charge in [-0.25, -0.2) is 9.50 Å². The molecule has 0 radical (unpaired) electrons. The topological polar surface area (TPSA) is 78.1 Å². The number of phenols is 1. The molecule has 0 bridgehead atoms. The molecular weight excluding hydrogens is 358 g/mol. The SMILES string of the molecule is COc1cc(-c2cnc3ccc(-c4cccc5c4COCO5)nn23)ccc1O. The first-order chi connectivity index (χ1) is 13.7. The molecule has 0 fully saturated rings. The van der Waals surface area contributed by atoms with E-state index in [2.05, 4.69) is 4.98 Å². The largest absolute Gasteiger partial charge is 0.504 e. The van der Waals surface area contributed by atoms with Gasteiger partial charge in [0, 0.05) is 16.7 Å². The zero-order chi connectivity index (χ0) is 19.1. The van der Waals surface area contributed by atoms with Gasteiger partial charge >= 0.3 is 0 Å². The number of hydrogen-bond donors (Lipinski definition) is 1. The Morgan fingerprint density at radius 1 is 1.14 bits per heavy atom. The molecule has 1 aliphatic rings. The molecule has 4 aromatic rings. The molecule has 0 saturated heterocycles. The Bertz CT molecular complexity index is 1190. The van der Waals surface area contributed by atoms with Crippen LogP contribution in [0.15, 0.2) is 54.7 Å². The van der Waals surface area contributed by atoms with E-state index in [0.29, 0.717) is 12.4 Å². The van der Waals surface area contributed by atoms with Crippen LogP contribution in [0.5, 0.6) is 17.2 Å². The van der Waals surface area contributed by atoms with E-state index in [4.69, 9.17) is 19.3 Å². The molecule has 1 N–H and O–H groups in total. The van der Waals surface area contributed by atoms with Crippen molar-refractivity contribution in [1.82, 2.24) is 14.6 Å².